The molecule has 164 valence electrons. The van der Waals surface area contributed by atoms with Crippen molar-refractivity contribution in [3.63, 3.8) is 0 Å². The number of para-hydroxylation sites is 1. The van der Waals surface area contributed by atoms with Gasteiger partial charge in [0.05, 0.1) is 18.2 Å². The minimum Gasteiger partial charge on any atom is -0.489 e. The number of nitrogens with one attached hydrogen (secondary N) is 1. The minimum atomic E-state index is -0.694. The van der Waals surface area contributed by atoms with Crippen LogP contribution in [0.4, 0.5) is 4.79 Å². The van der Waals surface area contributed by atoms with Crippen LogP contribution in [-0.4, -0.2) is 12.8 Å². The predicted octanol–water partition coefficient (Wildman–Crippen LogP) is 6.21. The molecule has 31 heavy (non-hydrogen) atoms. The van der Waals surface area contributed by atoms with Crippen molar-refractivity contribution >= 4 is 6.16 Å². The molecule has 0 saturated carbocycles. The first-order valence-electron chi connectivity index (χ1n) is 10.6. The SMILES string of the molecule is CC1=CC(c2ccccc2OCc2ccc(C)cc2)C(OC(=O)OCC(C)C)=C(C)N1. The van der Waals surface area contributed by atoms with Crippen LogP contribution in [-0.2, 0) is 16.1 Å². The predicted molar refractivity (Wildman–Crippen MR) is 122 cm³/mol. The highest BCUT2D eigenvalue weighted by Gasteiger charge is 2.28. The van der Waals surface area contributed by atoms with Crippen molar-refractivity contribution in [2.24, 2.45) is 5.92 Å². The lowest BCUT2D eigenvalue weighted by Crippen LogP contribution is -2.24. The highest BCUT2D eigenvalue weighted by Crippen LogP contribution is 2.38. The summed E-state index contributed by atoms with van der Waals surface area (Å²) in [6.45, 7) is 10.7. The molecule has 1 unspecified atom stereocenters. The molecule has 1 N–H and O–H groups in total. The van der Waals surface area contributed by atoms with Crippen molar-refractivity contribution in [1.82, 2.24) is 5.32 Å². The molecule has 0 spiro atoms. The van der Waals surface area contributed by atoms with E-state index in [1.807, 2.05) is 58.0 Å². The summed E-state index contributed by atoms with van der Waals surface area (Å²) in [6, 6.07) is 16.1. The van der Waals surface area contributed by atoms with Gasteiger partial charge < -0.3 is 19.5 Å². The zero-order valence-electron chi connectivity index (χ0n) is 18.9. The first kappa shape index (κ1) is 22.5. The second kappa shape index (κ2) is 10.2. The fourth-order valence-corrected chi connectivity index (χ4v) is 3.40. The van der Waals surface area contributed by atoms with E-state index in [0.29, 0.717) is 19.0 Å². The van der Waals surface area contributed by atoms with Gasteiger partial charge in [0.25, 0.3) is 0 Å². The van der Waals surface area contributed by atoms with E-state index in [-0.39, 0.29) is 11.8 Å². The van der Waals surface area contributed by atoms with Crippen molar-refractivity contribution in [3.05, 3.63) is 88.5 Å². The first-order valence-corrected chi connectivity index (χ1v) is 10.6. The molecule has 0 aliphatic carbocycles. The molecule has 1 aliphatic heterocycles. The van der Waals surface area contributed by atoms with Crippen LogP contribution in [0.15, 0.2) is 71.8 Å². The van der Waals surface area contributed by atoms with Crippen LogP contribution in [0.1, 0.15) is 50.3 Å². The maximum atomic E-state index is 12.3. The zero-order valence-corrected chi connectivity index (χ0v) is 18.9. The number of rotatable bonds is 7. The largest absolute Gasteiger partial charge is 0.513 e. The van der Waals surface area contributed by atoms with Crippen LogP contribution < -0.4 is 10.1 Å². The van der Waals surface area contributed by atoms with E-state index in [1.54, 1.807) is 0 Å². The van der Waals surface area contributed by atoms with Crippen molar-refractivity contribution < 1.29 is 19.0 Å². The molecule has 1 heterocycles. The van der Waals surface area contributed by atoms with E-state index >= 15 is 0 Å². The monoisotopic (exact) mass is 421 g/mol. The van der Waals surface area contributed by atoms with E-state index in [4.69, 9.17) is 14.2 Å². The Kier molecular flexibility index (Phi) is 7.40. The van der Waals surface area contributed by atoms with Crippen LogP contribution in [0, 0.1) is 12.8 Å². The molecule has 0 radical (unpaired) electrons. The Morgan fingerprint density at radius 3 is 2.45 bits per heavy atom. The van der Waals surface area contributed by atoms with Gasteiger partial charge >= 0.3 is 6.16 Å². The number of hydrogen-bond donors (Lipinski definition) is 1. The van der Waals surface area contributed by atoms with Gasteiger partial charge in [-0.25, -0.2) is 4.79 Å². The summed E-state index contributed by atoms with van der Waals surface area (Å²) in [5.41, 5.74) is 5.00. The van der Waals surface area contributed by atoms with Gasteiger partial charge in [-0.05, 0) is 38.3 Å². The maximum absolute atomic E-state index is 12.3. The molecule has 2 aromatic rings. The number of ether oxygens (including phenoxy) is 3. The lowest BCUT2D eigenvalue weighted by atomic mass is 9.92. The van der Waals surface area contributed by atoms with Gasteiger partial charge in [0, 0.05) is 11.3 Å². The second-order valence-corrected chi connectivity index (χ2v) is 8.31. The Labute approximate surface area is 184 Å². The summed E-state index contributed by atoms with van der Waals surface area (Å²) in [5.74, 6) is 1.25. The Balaban J connectivity index is 1.83. The van der Waals surface area contributed by atoms with Crippen LogP contribution in [0.5, 0.6) is 5.75 Å². The summed E-state index contributed by atoms with van der Waals surface area (Å²) in [4.78, 5) is 12.3. The summed E-state index contributed by atoms with van der Waals surface area (Å²) in [6.07, 6.45) is 1.34. The third-order valence-electron chi connectivity index (χ3n) is 4.95. The number of dihydropyridines is 1. The lowest BCUT2D eigenvalue weighted by Gasteiger charge is -2.27. The van der Waals surface area contributed by atoms with Crippen molar-refractivity contribution in [2.45, 2.75) is 47.1 Å². The first-order chi connectivity index (χ1) is 14.8. The molecular formula is C26H31NO4. The average molecular weight is 422 g/mol. The lowest BCUT2D eigenvalue weighted by molar-refractivity contribution is 0.0642. The molecule has 0 saturated heterocycles. The fraction of sp³-hybridized carbons (Fsp3) is 0.346. The number of carbonyl (C=O) groups is 1. The molecule has 0 bridgehead atoms. The number of aryl methyl sites for hydroxylation is 1. The van der Waals surface area contributed by atoms with Gasteiger partial charge in [-0.3, -0.25) is 0 Å². The van der Waals surface area contributed by atoms with Gasteiger partial charge in [0.15, 0.2) is 0 Å². The van der Waals surface area contributed by atoms with Crippen molar-refractivity contribution in [1.29, 1.82) is 0 Å². The third-order valence-corrected chi connectivity index (χ3v) is 4.95. The number of carbonyl (C=O) groups excluding carboxylic acids is 1. The number of allylic oxidation sites excluding steroid dienone is 3. The Bertz CT molecular complexity index is 973. The quantitative estimate of drug-likeness (QED) is 0.539. The molecule has 1 atom stereocenters. The number of hydrogen-bond acceptors (Lipinski definition) is 5. The summed E-state index contributed by atoms with van der Waals surface area (Å²) in [5, 5.41) is 3.25. The van der Waals surface area contributed by atoms with E-state index in [1.165, 1.54) is 5.56 Å². The topological polar surface area (TPSA) is 56.8 Å². The highest BCUT2D eigenvalue weighted by atomic mass is 16.7. The molecule has 0 amide bonds. The molecule has 2 aromatic carbocycles. The average Bonchev–Trinajstić information content (AvgIpc) is 2.74. The van der Waals surface area contributed by atoms with Gasteiger partial charge in [0.2, 0.25) is 0 Å². The van der Waals surface area contributed by atoms with Crippen LogP contribution in [0.3, 0.4) is 0 Å². The smallest absolute Gasteiger partial charge is 0.489 e. The Hall–Kier alpha value is -3.21. The minimum absolute atomic E-state index is 0.237. The third kappa shape index (κ3) is 6.14. The molecule has 1 aliphatic rings. The summed E-state index contributed by atoms with van der Waals surface area (Å²) in [7, 11) is 0. The molecule has 3 rings (SSSR count). The van der Waals surface area contributed by atoms with Gasteiger partial charge in [-0.1, -0.05) is 68.0 Å². The van der Waals surface area contributed by atoms with Gasteiger partial charge in [-0.15, -0.1) is 0 Å². The molecule has 5 nitrogen and oxygen atoms in total. The van der Waals surface area contributed by atoms with Gasteiger partial charge in [0.1, 0.15) is 18.1 Å². The zero-order chi connectivity index (χ0) is 22.4. The highest BCUT2D eigenvalue weighted by molar-refractivity contribution is 5.63. The molecule has 5 heteroatoms. The van der Waals surface area contributed by atoms with Crippen LogP contribution in [0.2, 0.25) is 0 Å². The van der Waals surface area contributed by atoms with Crippen molar-refractivity contribution in [3.8, 4) is 5.75 Å². The van der Waals surface area contributed by atoms with Crippen LogP contribution in [0.25, 0.3) is 0 Å². The number of benzene rings is 2. The molecular weight excluding hydrogens is 390 g/mol. The molecule has 0 fully saturated rings. The second-order valence-electron chi connectivity index (χ2n) is 8.31. The van der Waals surface area contributed by atoms with E-state index < -0.39 is 6.16 Å². The van der Waals surface area contributed by atoms with E-state index in [9.17, 15) is 4.79 Å². The van der Waals surface area contributed by atoms with Gasteiger partial charge in [-0.2, -0.15) is 0 Å². The maximum Gasteiger partial charge on any atom is 0.513 e. The standard InChI is InChI=1S/C26H31NO4/c1-17(2)15-30-26(28)31-25-20(5)27-19(4)14-23(25)22-8-6-7-9-24(22)29-16-21-12-10-18(3)11-13-21/h6-14,17,23,27H,15-16H2,1-5H3. The Morgan fingerprint density at radius 1 is 1.03 bits per heavy atom. The fourth-order valence-electron chi connectivity index (χ4n) is 3.40. The normalized spacial score (nSPS) is 15.9. The molecule has 0 aromatic heterocycles. The van der Waals surface area contributed by atoms with Crippen molar-refractivity contribution in [2.75, 3.05) is 6.61 Å². The van der Waals surface area contributed by atoms with Crippen LogP contribution >= 0.6 is 0 Å². The summed E-state index contributed by atoms with van der Waals surface area (Å²) < 4.78 is 17.1. The summed E-state index contributed by atoms with van der Waals surface area (Å²) >= 11 is 0. The Morgan fingerprint density at radius 2 is 1.74 bits per heavy atom. The van der Waals surface area contributed by atoms with E-state index in [0.717, 1.165) is 28.3 Å². The van der Waals surface area contributed by atoms with E-state index in [2.05, 4.69) is 36.5 Å².